The lowest BCUT2D eigenvalue weighted by Crippen LogP contribution is -2.31. The van der Waals surface area contributed by atoms with E-state index in [1.54, 1.807) is 6.07 Å². The molecule has 2 nitrogen and oxygen atoms in total. The normalized spacial score (nSPS) is 18.7. The van der Waals surface area contributed by atoms with Gasteiger partial charge in [-0.15, -0.1) is 0 Å². The Kier molecular flexibility index (Phi) is 3.10. The summed E-state index contributed by atoms with van der Waals surface area (Å²) in [5, 5.41) is 3.43. The minimum absolute atomic E-state index is 0.103. The van der Waals surface area contributed by atoms with Crippen molar-refractivity contribution in [2.45, 2.75) is 38.1 Å². The molecule has 1 aromatic carbocycles. The topological polar surface area (TPSA) is 38.0 Å². The van der Waals surface area contributed by atoms with Gasteiger partial charge in [0.05, 0.1) is 15.8 Å². The van der Waals surface area contributed by atoms with Crippen molar-refractivity contribution in [2.24, 2.45) is 0 Å². The zero-order chi connectivity index (χ0) is 11.8. The van der Waals surface area contributed by atoms with Gasteiger partial charge in [-0.3, -0.25) is 0 Å². The second-order valence-electron chi connectivity index (χ2n) is 4.75. The van der Waals surface area contributed by atoms with E-state index in [-0.39, 0.29) is 11.4 Å². The SMILES string of the molecule is CC1(Nc2cc(Br)c(F)cc2N)CCCC1. The van der Waals surface area contributed by atoms with Gasteiger partial charge >= 0.3 is 0 Å². The Morgan fingerprint density at radius 1 is 1.38 bits per heavy atom. The third-order valence-electron chi connectivity index (χ3n) is 3.24. The van der Waals surface area contributed by atoms with Crippen LogP contribution >= 0.6 is 15.9 Å². The van der Waals surface area contributed by atoms with Crippen molar-refractivity contribution in [1.82, 2.24) is 0 Å². The summed E-state index contributed by atoms with van der Waals surface area (Å²) in [4.78, 5) is 0. The van der Waals surface area contributed by atoms with Gasteiger partial charge in [0.2, 0.25) is 0 Å². The highest BCUT2D eigenvalue weighted by Gasteiger charge is 2.28. The number of benzene rings is 1. The second kappa shape index (κ2) is 4.24. The summed E-state index contributed by atoms with van der Waals surface area (Å²) in [5.41, 5.74) is 7.19. The summed E-state index contributed by atoms with van der Waals surface area (Å²) >= 11 is 3.18. The molecule has 0 heterocycles. The molecular weight excluding hydrogens is 271 g/mol. The molecule has 88 valence electrons. The van der Waals surface area contributed by atoms with Gasteiger partial charge in [-0.25, -0.2) is 4.39 Å². The molecule has 0 aromatic heterocycles. The van der Waals surface area contributed by atoms with Gasteiger partial charge in [-0.05, 0) is 41.8 Å². The van der Waals surface area contributed by atoms with Crippen LogP contribution in [-0.2, 0) is 0 Å². The molecule has 0 atom stereocenters. The molecule has 0 unspecified atom stereocenters. The van der Waals surface area contributed by atoms with Gasteiger partial charge in [0.1, 0.15) is 5.82 Å². The molecule has 0 aliphatic heterocycles. The molecule has 1 fully saturated rings. The molecule has 1 aliphatic carbocycles. The molecule has 0 bridgehead atoms. The minimum atomic E-state index is -0.320. The molecular formula is C12H16BrFN2. The number of nitrogens with one attached hydrogen (secondary N) is 1. The molecule has 4 heteroatoms. The first-order valence-electron chi connectivity index (χ1n) is 5.53. The van der Waals surface area contributed by atoms with Gasteiger partial charge in [0.25, 0.3) is 0 Å². The number of hydrogen-bond donors (Lipinski definition) is 2. The smallest absolute Gasteiger partial charge is 0.139 e. The van der Waals surface area contributed by atoms with E-state index in [4.69, 9.17) is 5.73 Å². The first-order valence-corrected chi connectivity index (χ1v) is 6.32. The summed E-state index contributed by atoms with van der Waals surface area (Å²) in [7, 11) is 0. The van der Waals surface area contributed by atoms with Crippen LogP contribution in [-0.4, -0.2) is 5.54 Å². The van der Waals surface area contributed by atoms with Crippen molar-refractivity contribution in [1.29, 1.82) is 0 Å². The van der Waals surface area contributed by atoms with Crippen molar-refractivity contribution in [2.75, 3.05) is 11.1 Å². The fourth-order valence-electron chi connectivity index (χ4n) is 2.28. The Morgan fingerprint density at radius 3 is 2.62 bits per heavy atom. The highest BCUT2D eigenvalue weighted by Crippen LogP contribution is 2.35. The highest BCUT2D eigenvalue weighted by atomic mass is 79.9. The molecule has 1 aliphatic rings. The number of hydrogen-bond acceptors (Lipinski definition) is 2. The largest absolute Gasteiger partial charge is 0.397 e. The van der Waals surface area contributed by atoms with Crippen LogP contribution in [0.1, 0.15) is 32.6 Å². The van der Waals surface area contributed by atoms with Crippen LogP contribution in [0.15, 0.2) is 16.6 Å². The molecule has 3 N–H and O–H groups in total. The summed E-state index contributed by atoms with van der Waals surface area (Å²) in [6.45, 7) is 2.19. The lowest BCUT2D eigenvalue weighted by molar-refractivity contribution is 0.533. The molecule has 1 saturated carbocycles. The van der Waals surface area contributed by atoms with Crippen molar-refractivity contribution in [3.63, 3.8) is 0 Å². The van der Waals surface area contributed by atoms with Gasteiger partial charge < -0.3 is 11.1 Å². The van der Waals surface area contributed by atoms with E-state index in [0.29, 0.717) is 10.2 Å². The summed E-state index contributed by atoms with van der Waals surface area (Å²) in [6, 6.07) is 3.07. The second-order valence-corrected chi connectivity index (χ2v) is 5.60. The first-order chi connectivity index (χ1) is 7.50. The van der Waals surface area contributed by atoms with E-state index < -0.39 is 0 Å². The molecule has 0 radical (unpaired) electrons. The van der Waals surface area contributed by atoms with Crippen LogP contribution in [0.5, 0.6) is 0 Å². The van der Waals surface area contributed by atoms with Crippen LogP contribution in [0, 0.1) is 5.82 Å². The van der Waals surface area contributed by atoms with Gasteiger partial charge in [0.15, 0.2) is 0 Å². The standard InChI is InChI=1S/C12H16BrFN2/c1-12(4-2-3-5-12)16-11-6-8(13)9(14)7-10(11)15/h6-7,16H,2-5,15H2,1H3. The van der Waals surface area contributed by atoms with E-state index in [9.17, 15) is 4.39 Å². The van der Waals surface area contributed by atoms with E-state index in [1.165, 1.54) is 18.9 Å². The Bertz CT molecular complexity index is 400. The third kappa shape index (κ3) is 2.32. The van der Waals surface area contributed by atoms with Crippen molar-refractivity contribution in [3.8, 4) is 0 Å². The van der Waals surface area contributed by atoms with Crippen LogP contribution in [0.2, 0.25) is 0 Å². The average molecular weight is 287 g/mol. The predicted octanol–water partition coefficient (Wildman–Crippen LogP) is 3.92. The Labute approximate surface area is 104 Å². The van der Waals surface area contributed by atoms with E-state index >= 15 is 0 Å². The zero-order valence-electron chi connectivity index (χ0n) is 9.32. The van der Waals surface area contributed by atoms with E-state index in [1.807, 2.05) is 0 Å². The summed E-state index contributed by atoms with van der Waals surface area (Å²) in [6.07, 6.45) is 4.76. The molecule has 1 aromatic rings. The Morgan fingerprint density at radius 2 is 2.00 bits per heavy atom. The Hall–Kier alpha value is -0.770. The molecule has 0 amide bonds. The molecule has 2 rings (SSSR count). The molecule has 0 spiro atoms. The maximum Gasteiger partial charge on any atom is 0.139 e. The number of anilines is 2. The van der Waals surface area contributed by atoms with Gasteiger partial charge in [-0.1, -0.05) is 12.8 Å². The maximum atomic E-state index is 13.2. The zero-order valence-corrected chi connectivity index (χ0v) is 10.9. The van der Waals surface area contributed by atoms with Gasteiger partial charge in [0, 0.05) is 11.6 Å². The number of halogens is 2. The third-order valence-corrected chi connectivity index (χ3v) is 3.84. The van der Waals surface area contributed by atoms with Crippen molar-refractivity contribution < 1.29 is 4.39 Å². The average Bonchev–Trinajstić information content (AvgIpc) is 2.62. The summed E-state index contributed by atoms with van der Waals surface area (Å²) < 4.78 is 13.7. The fraction of sp³-hybridized carbons (Fsp3) is 0.500. The van der Waals surface area contributed by atoms with Gasteiger partial charge in [-0.2, -0.15) is 0 Å². The van der Waals surface area contributed by atoms with E-state index in [2.05, 4.69) is 28.2 Å². The van der Waals surface area contributed by atoms with Crippen LogP contribution < -0.4 is 11.1 Å². The van der Waals surface area contributed by atoms with Crippen LogP contribution in [0.4, 0.5) is 15.8 Å². The monoisotopic (exact) mass is 286 g/mol. The quantitative estimate of drug-likeness (QED) is 0.809. The summed E-state index contributed by atoms with van der Waals surface area (Å²) in [5.74, 6) is -0.320. The number of rotatable bonds is 2. The number of nitrogen functional groups attached to an aromatic ring is 1. The maximum absolute atomic E-state index is 13.2. The minimum Gasteiger partial charge on any atom is -0.397 e. The lowest BCUT2D eigenvalue weighted by atomic mass is 10.00. The molecule has 16 heavy (non-hydrogen) atoms. The van der Waals surface area contributed by atoms with Crippen LogP contribution in [0.25, 0.3) is 0 Å². The first kappa shape index (κ1) is 11.7. The van der Waals surface area contributed by atoms with Crippen LogP contribution in [0.3, 0.4) is 0 Å². The predicted molar refractivity (Wildman–Crippen MR) is 69.0 cm³/mol. The fourth-order valence-corrected chi connectivity index (χ4v) is 2.62. The number of nitrogens with two attached hydrogens (primary N) is 1. The van der Waals surface area contributed by atoms with E-state index in [0.717, 1.165) is 18.5 Å². The van der Waals surface area contributed by atoms with Crippen molar-refractivity contribution in [3.05, 3.63) is 22.4 Å². The van der Waals surface area contributed by atoms with Crippen molar-refractivity contribution >= 4 is 27.3 Å². The molecule has 0 saturated heterocycles. The Balaban J connectivity index is 2.24. The highest BCUT2D eigenvalue weighted by molar-refractivity contribution is 9.10. The lowest BCUT2D eigenvalue weighted by Gasteiger charge is -2.27.